The Hall–Kier alpha value is -3.22. The molecule has 1 amide bonds. The molecule has 1 unspecified atom stereocenters. The number of Topliss-reactive ketones (excluding diaryl/α,β-unsaturated/α-hetero) is 1. The Morgan fingerprint density at radius 1 is 0.889 bits per heavy atom. The van der Waals surface area contributed by atoms with Crippen LogP contribution in [-0.4, -0.2) is 51.8 Å². The van der Waals surface area contributed by atoms with Gasteiger partial charge in [-0.1, -0.05) is 92.7 Å². The third-order valence-electron chi connectivity index (χ3n) is 13.2. The first kappa shape index (κ1) is 30.4. The average molecular weight is 610 g/mol. The van der Waals surface area contributed by atoms with Crippen LogP contribution in [0.4, 0.5) is 4.79 Å². The molecule has 45 heavy (non-hydrogen) atoms. The van der Waals surface area contributed by atoms with Crippen molar-refractivity contribution in [3.8, 4) is 0 Å². The number of aliphatic hydroxyl groups excluding tert-OH is 1. The smallest absolute Gasteiger partial charge is 0.410 e. The first-order valence-corrected chi connectivity index (χ1v) is 16.9. The van der Waals surface area contributed by atoms with E-state index in [1.54, 1.807) is 4.90 Å². The summed E-state index contributed by atoms with van der Waals surface area (Å²) in [6.07, 6.45) is 11.5. The molecule has 2 spiro atoms. The topological polar surface area (TPSA) is 87.1 Å². The van der Waals surface area contributed by atoms with Crippen LogP contribution in [-0.2, 0) is 11.3 Å². The van der Waals surface area contributed by atoms with E-state index in [4.69, 9.17) is 4.74 Å². The third-order valence-corrected chi connectivity index (χ3v) is 13.2. The maximum absolute atomic E-state index is 14.6. The third kappa shape index (κ3) is 4.27. The maximum Gasteiger partial charge on any atom is 0.410 e. The molecule has 0 heterocycles. The average Bonchev–Trinajstić information content (AvgIpc) is 3.31. The van der Waals surface area contributed by atoms with Crippen molar-refractivity contribution in [3.05, 3.63) is 95.6 Å². The molecule has 238 valence electrons. The van der Waals surface area contributed by atoms with Crippen molar-refractivity contribution in [2.75, 3.05) is 13.2 Å². The minimum Gasteiger partial charge on any atom is -0.450 e. The first-order valence-electron chi connectivity index (χ1n) is 16.9. The summed E-state index contributed by atoms with van der Waals surface area (Å²) in [4.78, 5) is 29.6. The van der Waals surface area contributed by atoms with Crippen LogP contribution in [0.1, 0.15) is 81.6 Å². The van der Waals surface area contributed by atoms with E-state index in [9.17, 15) is 19.8 Å². The molecule has 2 aromatic carbocycles. The Morgan fingerprint density at radius 2 is 1.53 bits per heavy atom. The zero-order valence-corrected chi connectivity index (χ0v) is 26.9. The van der Waals surface area contributed by atoms with E-state index in [1.807, 2.05) is 67.6 Å². The summed E-state index contributed by atoms with van der Waals surface area (Å²) in [6, 6.07) is 19.4. The van der Waals surface area contributed by atoms with E-state index in [2.05, 4.69) is 32.1 Å². The lowest BCUT2D eigenvalue weighted by Gasteiger charge is -2.71. The van der Waals surface area contributed by atoms with E-state index >= 15 is 0 Å². The molecule has 2 aromatic rings. The number of hydrogen-bond acceptors (Lipinski definition) is 5. The highest BCUT2D eigenvalue weighted by atomic mass is 16.6. The highest BCUT2D eigenvalue weighted by molar-refractivity contribution is 6.10. The molecular formula is C39H47NO5. The van der Waals surface area contributed by atoms with E-state index in [0.29, 0.717) is 24.9 Å². The van der Waals surface area contributed by atoms with E-state index < -0.39 is 22.5 Å². The molecule has 6 heteroatoms. The second kappa shape index (κ2) is 10.7. The summed E-state index contributed by atoms with van der Waals surface area (Å²) >= 11 is 0. The summed E-state index contributed by atoms with van der Waals surface area (Å²) in [6.45, 7) is 7.22. The van der Waals surface area contributed by atoms with Gasteiger partial charge in [0.15, 0.2) is 5.78 Å². The second-order valence-electron chi connectivity index (χ2n) is 15.0. The van der Waals surface area contributed by atoms with Gasteiger partial charge in [0.05, 0.1) is 24.9 Å². The Bertz CT molecular complexity index is 1540. The number of fused-ring (bicyclic) bond motifs is 1. The summed E-state index contributed by atoms with van der Waals surface area (Å²) in [5, 5.41) is 23.7. The standard InChI is InChI=1S/C39H47NO5/c1-4-45-34(43)40(25-27-11-7-5-8-12-27)26-38(44)20-17-32-36(38,3)19-16-31-35(2)18-15-29(41)23-37(35)21-22-39(31,32)30(24-37)33(42)28-13-9-6-10-14-28/h5-14,21-22,24,29,31-32,41,44H,4,15-20,23,25-26H2,1-3H3/t29?,31-,32-,35-,36+,37+,38-,39-/m1/s1. The van der Waals surface area contributed by atoms with Crippen LogP contribution in [0.25, 0.3) is 0 Å². The number of carbonyl (C=O) groups excluding carboxylic acids is 2. The minimum absolute atomic E-state index is 0.0201. The van der Waals surface area contributed by atoms with Crippen LogP contribution in [0.2, 0.25) is 0 Å². The highest BCUT2D eigenvalue weighted by Gasteiger charge is 2.74. The Kier molecular flexibility index (Phi) is 7.21. The van der Waals surface area contributed by atoms with Crippen molar-refractivity contribution >= 4 is 11.9 Å². The highest BCUT2D eigenvalue weighted by Crippen LogP contribution is 2.78. The number of carbonyl (C=O) groups is 2. The number of aliphatic hydroxyl groups is 2. The molecule has 0 aliphatic heterocycles. The van der Waals surface area contributed by atoms with Gasteiger partial charge in [-0.25, -0.2) is 4.79 Å². The molecule has 6 nitrogen and oxygen atoms in total. The van der Waals surface area contributed by atoms with E-state index in [0.717, 1.165) is 43.2 Å². The molecule has 6 aliphatic carbocycles. The Morgan fingerprint density at radius 3 is 2.24 bits per heavy atom. The van der Waals surface area contributed by atoms with Gasteiger partial charge in [0.1, 0.15) is 0 Å². The maximum atomic E-state index is 14.6. The molecule has 8 rings (SSSR count). The number of ether oxygens (including phenoxy) is 1. The fourth-order valence-corrected chi connectivity index (χ4v) is 10.9. The fraction of sp³-hybridized carbons (Fsp3) is 0.538. The number of hydrogen-bond donors (Lipinski definition) is 2. The van der Waals surface area contributed by atoms with Crippen molar-refractivity contribution in [1.82, 2.24) is 4.90 Å². The van der Waals surface area contributed by atoms with Crippen molar-refractivity contribution in [2.24, 2.45) is 33.5 Å². The number of amides is 1. The number of ketones is 1. The zero-order chi connectivity index (χ0) is 31.7. The van der Waals surface area contributed by atoms with Gasteiger partial charge in [-0.3, -0.25) is 4.79 Å². The molecule has 0 radical (unpaired) electrons. The summed E-state index contributed by atoms with van der Waals surface area (Å²) in [5.74, 6) is 0.302. The first-order chi connectivity index (χ1) is 21.5. The summed E-state index contributed by atoms with van der Waals surface area (Å²) in [5.41, 5.74) is -0.151. The Labute approximate surface area is 267 Å². The molecule has 3 fully saturated rings. The van der Waals surface area contributed by atoms with Crippen molar-refractivity contribution in [2.45, 2.75) is 84.0 Å². The van der Waals surface area contributed by atoms with Gasteiger partial charge < -0.3 is 19.8 Å². The predicted octanol–water partition coefficient (Wildman–Crippen LogP) is 7.12. The molecule has 6 aliphatic rings. The van der Waals surface area contributed by atoms with E-state index in [1.165, 1.54) is 0 Å². The summed E-state index contributed by atoms with van der Waals surface area (Å²) in [7, 11) is 0. The van der Waals surface area contributed by atoms with Gasteiger partial charge in [0, 0.05) is 33.9 Å². The molecule has 3 saturated carbocycles. The number of benzene rings is 2. The predicted molar refractivity (Wildman–Crippen MR) is 173 cm³/mol. The van der Waals surface area contributed by atoms with Crippen LogP contribution in [0.3, 0.4) is 0 Å². The second-order valence-corrected chi connectivity index (χ2v) is 15.0. The SMILES string of the molecule is CCOC(=O)N(Cc1ccccc1)C[C@]1(O)CC[C@H]2[C@]34C=C[C@@]5(C=C3C(=O)c3ccccc3)CC(O)CC[C@]5(C)[C@H]4CC[C@@]21C. The molecule has 2 bridgehead atoms. The minimum atomic E-state index is -1.15. The van der Waals surface area contributed by atoms with Crippen LogP contribution in [0.5, 0.6) is 0 Å². The van der Waals surface area contributed by atoms with E-state index in [-0.39, 0.29) is 47.7 Å². The molecular weight excluding hydrogens is 562 g/mol. The quantitative estimate of drug-likeness (QED) is 0.258. The van der Waals surface area contributed by atoms with Gasteiger partial charge in [-0.05, 0) is 74.7 Å². The number of nitrogens with zero attached hydrogens (tertiary/aromatic N) is 1. The van der Waals surface area contributed by atoms with Crippen LogP contribution in [0, 0.1) is 33.5 Å². The van der Waals surface area contributed by atoms with Crippen LogP contribution < -0.4 is 0 Å². The van der Waals surface area contributed by atoms with Gasteiger partial charge in [-0.2, -0.15) is 0 Å². The number of rotatable bonds is 7. The summed E-state index contributed by atoms with van der Waals surface area (Å²) < 4.78 is 5.50. The molecule has 0 saturated heterocycles. The normalized spacial score (nSPS) is 39.3. The van der Waals surface area contributed by atoms with Gasteiger partial charge in [0.2, 0.25) is 0 Å². The largest absolute Gasteiger partial charge is 0.450 e. The van der Waals surface area contributed by atoms with Gasteiger partial charge >= 0.3 is 6.09 Å². The zero-order valence-electron chi connectivity index (χ0n) is 26.9. The van der Waals surface area contributed by atoms with Crippen LogP contribution >= 0.6 is 0 Å². The van der Waals surface area contributed by atoms with Crippen LogP contribution in [0.15, 0.2) is 84.5 Å². The fourth-order valence-electron chi connectivity index (χ4n) is 10.9. The number of allylic oxidation sites excluding steroid dienone is 4. The van der Waals surface area contributed by atoms with Crippen molar-refractivity contribution < 1.29 is 24.5 Å². The lowest BCUT2D eigenvalue weighted by Crippen LogP contribution is -2.67. The van der Waals surface area contributed by atoms with Crippen molar-refractivity contribution in [3.63, 3.8) is 0 Å². The molecule has 2 N–H and O–H groups in total. The van der Waals surface area contributed by atoms with Crippen molar-refractivity contribution in [1.29, 1.82) is 0 Å². The lowest BCUT2D eigenvalue weighted by atomic mass is 9.32. The van der Waals surface area contributed by atoms with Gasteiger partial charge in [-0.15, -0.1) is 0 Å². The monoisotopic (exact) mass is 609 g/mol. The van der Waals surface area contributed by atoms with Gasteiger partial charge in [0.25, 0.3) is 0 Å². The molecule has 8 atom stereocenters. The Balaban J connectivity index is 1.31. The lowest BCUT2D eigenvalue weighted by molar-refractivity contribution is -0.175. The molecule has 0 aromatic heterocycles.